The molecule has 2 N–H and O–H groups in total. The van der Waals surface area contributed by atoms with Gasteiger partial charge in [-0.2, -0.15) is 5.10 Å². The molecule has 0 unspecified atom stereocenters. The molecule has 0 atom stereocenters. The number of rotatable bonds is 6. The van der Waals surface area contributed by atoms with Gasteiger partial charge in [-0.3, -0.25) is 9.59 Å². The van der Waals surface area contributed by atoms with Crippen molar-refractivity contribution in [3.05, 3.63) is 46.7 Å². The monoisotopic (exact) mass is 362 g/mol. The fourth-order valence-electron chi connectivity index (χ4n) is 2.53. The van der Waals surface area contributed by atoms with Crippen molar-refractivity contribution in [3.63, 3.8) is 0 Å². The highest BCUT2D eigenvalue weighted by molar-refractivity contribution is 6.30. The molecular weight excluding hydrogens is 340 g/mol. The molecule has 0 aliphatic carbocycles. The molecule has 2 rings (SSSR count). The zero-order valence-electron chi connectivity index (χ0n) is 14.8. The van der Waals surface area contributed by atoms with Crippen LogP contribution in [0.25, 0.3) is 5.69 Å². The van der Waals surface area contributed by atoms with Crippen molar-refractivity contribution >= 4 is 23.4 Å². The summed E-state index contributed by atoms with van der Waals surface area (Å²) in [6.45, 7) is 7.63. The van der Waals surface area contributed by atoms with E-state index in [1.54, 1.807) is 16.8 Å². The minimum absolute atomic E-state index is 0.0289. The molecule has 0 aliphatic heterocycles. The van der Waals surface area contributed by atoms with Crippen molar-refractivity contribution in [3.8, 4) is 5.69 Å². The number of aromatic nitrogens is 2. The SMILES string of the molecule is CC(C)NC(=O)CNC(=O)c1cnn(-c2cccc(Cl)c2)c1C(C)C. The van der Waals surface area contributed by atoms with Gasteiger partial charge in [-0.15, -0.1) is 0 Å². The molecule has 0 bridgehead atoms. The van der Waals surface area contributed by atoms with Crippen molar-refractivity contribution in [2.45, 2.75) is 39.7 Å². The fraction of sp³-hybridized carbons (Fsp3) is 0.389. The van der Waals surface area contributed by atoms with Crippen LogP contribution in [0.2, 0.25) is 5.02 Å². The van der Waals surface area contributed by atoms with Gasteiger partial charge in [-0.05, 0) is 38.0 Å². The third kappa shape index (κ3) is 4.82. The summed E-state index contributed by atoms with van der Waals surface area (Å²) in [6.07, 6.45) is 1.52. The lowest BCUT2D eigenvalue weighted by atomic mass is 10.1. The van der Waals surface area contributed by atoms with Crippen LogP contribution in [0.3, 0.4) is 0 Å². The summed E-state index contributed by atoms with van der Waals surface area (Å²) in [7, 11) is 0. The Morgan fingerprint density at radius 1 is 1.24 bits per heavy atom. The predicted octanol–water partition coefficient (Wildman–Crippen LogP) is 2.90. The zero-order valence-corrected chi connectivity index (χ0v) is 15.6. The maximum absolute atomic E-state index is 12.5. The first-order chi connectivity index (χ1) is 11.8. The number of amides is 2. The van der Waals surface area contributed by atoms with Crippen LogP contribution in [0.15, 0.2) is 30.5 Å². The molecule has 2 amide bonds. The molecule has 0 saturated carbocycles. The Labute approximate surface area is 152 Å². The Morgan fingerprint density at radius 3 is 2.56 bits per heavy atom. The van der Waals surface area contributed by atoms with Gasteiger partial charge in [-0.25, -0.2) is 4.68 Å². The molecule has 7 heteroatoms. The summed E-state index contributed by atoms with van der Waals surface area (Å²) >= 11 is 6.06. The Morgan fingerprint density at radius 2 is 1.96 bits per heavy atom. The first-order valence-corrected chi connectivity index (χ1v) is 8.58. The second-order valence-corrected chi connectivity index (χ2v) is 6.83. The van der Waals surface area contributed by atoms with Crippen LogP contribution < -0.4 is 10.6 Å². The summed E-state index contributed by atoms with van der Waals surface area (Å²) in [4.78, 5) is 24.2. The number of nitrogens with zero attached hydrogens (tertiary/aromatic N) is 2. The molecule has 0 radical (unpaired) electrons. The molecule has 2 aromatic rings. The molecule has 25 heavy (non-hydrogen) atoms. The van der Waals surface area contributed by atoms with E-state index in [1.807, 2.05) is 39.8 Å². The Bertz CT molecular complexity index is 768. The fourth-order valence-corrected chi connectivity index (χ4v) is 2.72. The first kappa shape index (κ1) is 19.0. The Balaban J connectivity index is 2.24. The van der Waals surface area contributed by atoms with E-state index in [-0.39, 0.29) is 30.3 Å². The van der Waals surface area contributed by atoms with Crippen LogP contribution in [0.1, 0.15) is 49.7 Å². The van der Waals surface area contributed by atoms with Gasteiger partial charge in [0, 0.05) is 11.1 Å². The predicted molar refractivity (Wildman–Crippen MR) is 98.3 cm³/mol. The zero-order chi connectivity index (χ0) is 18.6. The number of hydrogen-bond donors (Lipinski definition) is 2. The van der Waals surface area contributed by atoms with Gasteiger partial charge < -0.3 is 10.6 Å². The van der Waals surface area contributed by atoms with Crippen LogP contribution in [-0.2, 0) is 4.79 Å². The van der Waals surface area contributed by atoms with E-state index >= 15 is 0 Å². The van der Waals surface area contributed by atoms with Crippen molar-refractivity contribution in [2.75, 3.05) is 6.54 Å². The summed E-state index contributed by atoms with van der Waals surface area (Å²) < 4.78 is 1.71. The summed E-state index contributed by atoms with van der Waals surface area (Å²) in [5.41, 5.74) is 2.00. The second kappa shape index (κ2) is 8.16. The molecule has 1 aromatic heterocycles. The molecule has 0 saturated heterocycles. The van der Waals surface area contributed by atoms with Gasteiger partial charge in [0.2, 0.25) is 5.91 Å². The van der Waals surface area contributed by atoms with Crippen molar-refractivity contribution < 1.29 is 9.59 Å². The van der Waals surface area contributed by atoms with E-state index < -0.39 is 0 Å². The van der Waals surface area contributed by atoms with E-state index in [0.29, 0.717) is 10.6 Å². The normalized spacial score (nSPS) is 11.0. The highest BCUT2D eigenvalue weighted by Gasteiger charge is 2.21. The van der Waals surface area contributed by atoms with Crippen molar-refractivity contribution in [2.24, 2.45) is 0 Å². The molecule has 1 heterocycles. The third-order valence-corrected chi connectivity index (χ3v) is 3.74. The topological polar surface area (TPSA) is 76.0 Å². The van der Waals surface area contributed by atoms with Crippen molar-refractivity contribution in [1.29, 1.82) is 0 Å². The minimum atomic E-state index is -0.323. The highest BCUT2D eigenvalue weighted by Crippen LogP contribution is 2.24. The third-order valence-electron chi connectivity index (χ3n) is 3.51. The van der Waals surface area contributed by atoms with Crippen LogP contribution in [-0.4, -0.2) is 34.2 Å². The minimum Gasteiger partial charge on any atom is -0.352 e. The molecular formula is C18H23ClN4O2. The first-order valence-electron chi connectivity index (χ1n) is 8.21. The summed E-state index contributed by atoms with van der Waals surface area (Å²) in [6, 6.07) is 7.31. The Kier molecular flexibility index (Phi) is 6.20. The number of carbonyl (C=O) groups is 2. The maximum Gasteiger partial charge on any atom is 0.255 e. The maximum atomic E-state index is 12.5. The largest absolute Gasteiger partial charge is 0.352 e. The van der Waals surface area contributed by atoms with Gasteiger partial charge in [0.25, 0.3) is 5.91 Å². The van der Waals surface area contributed by atoms with Gasteiger partial charge in [-0.1, -0.05) is 31.5 Å². The van der Waals surface area contributed by atoms with Crippen LogP contribution in [0.5, 0.6) is 0 Å². The molecule has 134 valence electrons. The molecule has 0 spiro atoms. The van der Waals surface area contributed by atoms with E-state index in [9.17, 15) is 9.59 Å². The van der Waals surface area contributed by atoms with Crippen LogP contribution in [0.4, 0.5) is 0 Å². The average molecular weight is 363 g/mol. The lowest BCUT2D eigenvalue weighted by molar-refractivity contribution is -0.120. The quantitative estimate of drug-likeness (QED) is 0.829. The van der Waals surface area contributed by atoms with Gasteiger partial charge in [0.05, 0.1) is 29.7 Å². The summed E-state index contributed by atoms with van der Waals surface area (Å²) in [5.74, 6) is -0.487. The number of carbonyl (C=O) groups excluding carboxylic acids is 2. The summed E-state index contributed by atoms with van der Waals surface area (Å²) in [5, 5.41) is 10.3. The van der Waals surface area contributed by atoms with Gasteiger partial charge in [0.1, 0.15) is 0 Å². The second-order valence-electron chi connectivity index (χ2n) is 6.39. The number of hydrogen-bond acceptors (Lipinski definition) is 3. The molecule has 1 aromatic carbocycles. The Hall–Kier alpha value is -2.34. The lowest BCUT2D eigenvalue weighted by Crippen LogP contribution is -2.40. The lowest BCUT2D eigenvalue weighted by Gasteiger charge is -2.13. The van der Waals surface area contributed by atoms with Crippen LogP contribution in [0, 0.1) is 0 Å². The number of nitrogens with one attached hydrogen (secondary N) is 2. The highest BCUT2D eigenvalue weighted by atomic mass is 35.5. The molecule has 0 aliphatic rings. The van der Waals surface area contributed by atoms with E-state index in [4.69, 9.17) is 11.6 Å². The van der Waals surface area contributed by atoms with Crippen LogP contribution >= 0.6 is 11.6 Å². The van der Waals surface area contributed by atoms with E-state index in [0.717, 1.165) is 11.4 Å². The standard InChI is InChI=1S/C18H23ClN4O2/c1-11(2)17-15(18(25)20-10-16(24)22-12(3)4)9-21-23(17)14-7-5-6-13(19)8-14/h5-9,11-12H,10H2,1-4H3,(H,20,25)(H,22,24). The van der Waals surface area contributed by atoms with Gasteiger partial charge >= 0.3 is 0 Å². The smallest absolute Gasteiger partial charge is 0.255 e. The number of benzene rings is 1. The average Bonchev–Trinajstić information content (AvgIpc) is 2.97. The molecule has 6 nitrogen and oxygen atoms in total. The van der Waals surface area contributed by atoms with E-state index in [1.165, 1.54) is 6.20 Å². The number of halogens is 1. The van der Waals surface area contributed by atoms with E-state index in [2.05, 4.69) is 15.7 Å². The molecule has 0 fully saturated rings. The van der Waals surface area contributed by atoms with Crippen molar-refractivity contribution in [1.82, 2.24) is 20.4 Å². The van der Waals surface area contributed by atoms with Gasteiger partial charge in [0.15, 0.2) is 0 Å².